The van der Waals surface area contributed by atoms with E-state index in [2.05, 4.69) is 52.6 Å². The standard InChI is InChI=1S/C16H25N3S/c1-13-4-3-5-14(10-13)18-6-8-19(9-7-18)15-11-17-12-16(15)20-2/h3-5,10,15-17H,6-9,11-12H2,1-2H3. The second-order valence-electron chi connectivity index (χ2n) is 5.86. The Morgan fingerprint density at radius 3 is 2.65 bits per heavy atom. The van der Waals surface area contributed by atoms with Gasteiger partial charge in [-0.1, -0.05) is 12.1 Å². The van der Waals surface area contributed by atoms with Crippen LogP contribution in [-0.4, -0.2) is 61.7 Å². The van der Waals surface area contributed by atoms with E-state index in [9.17, 15) is 0 Å². The smallest absolute Gasteiger partial charge is 0.0369 e. The number of hydrogen-bond donors (Lipinski definition) is 1. The summed E-state index contributed by atoms with van der Waals surface area (Å²) in [5.74, 6) is 0. The molecule has 2 fully saturated rings. The van der Waals surface area contributed by atoms with Crippen molar-refractivity contribution in [1.82, 2.24) is 10.2 Å². The maximum atomic E-state index is 3.54. The summed E-state index contributed by atoms with van der Waals surface area (Å²) in [6.07, 6.45) is 2.24. The summed E-state index contributed by atoms with van der Waals surface area (Å²) in [6, 6.07) is 9.61. The first kappa shape index (κ1) is 14.2. The highest BCUT2D eigenvalue weighted by molar-refractivity contribution is 7.99. The molecular weight excluding hydrogens is 266 g/mol. The summed E-state index contributed by atoms with van der Waals surface area (Å²) in [4.78, 5) is 5.22. The first-order valence-corrected chi connectivity index (χ1v) is 8.86. The van der Waals surface area contributed by atoms with Crippen LogP contribution < -0.4 is 10.2 Å². The van der Waals surface area contributed by atoms with E-state index < -0.39 is 0 Å². The summed E-state index contributed by atoms with van der Waals surface area (Å²) >= 11 is 2.02. The number of aryl methyl sites for hydroxylation is 1. The van der Waals surface area contributed by atoms with Gasteiger partial charge in [-0.2, -0.15) is 11.8 Å². The van der Waals surface area contributed by atoms with Crippen molar-refractivity contribution in [1.29, 1.82) is 0 Å². The molecule has 2 heterocycles. The highest BCUT2D eigenvalue weighted by Gasteiger charge is 2.33. The van der Waals surface area contributed by atoms with E-state index in [-0.39, 0.29) is 0 Å². The van der Waals surface area contributed by atoms with Crippen LogP contribution in [0.5, 0.6) is 0 Å². The van der Waals surface area contributed by atoms with Crippen molar-refractivity contribution in [2.45, 2.75) is 18.2 Å². The molecule has 0 aliphatic carbocycles. The lowest BCUT2D eigenvalue weighted by Gasteiger charge is -2.40. The van der Waals surface area contributed by atoms with Crippen molar-refractivity contribution in [3.05, 3.63) is 29.8 Å². The minimum atomic E-state index is 0.727. The van der Waals surface area contributed by atoms with Gasteiger partial charge in [0.2, 0.25) is 0 Å². The number of nitrogens with one attached hydrogen (secondary N) is 1. The summed E-state index contributed by atoms with van der Waals surface area (Å²) in [5, 5.41) is 4.31. The van der Waals surface area contributed by atoms with Gasteiger partial charge in [-0.3, -0.25) is 4.90 Å². The topological polar surface area (TPSA) is 18.5 Å². The third-order valence-electron chi connectivity index (χ3n) is 4.58. The Bertz CT molecular complexity index is 443. The number of anilines is 1. The normalized spacial score (nSPS) is 28.0. The van der Waals surface area contributed by atoms with Gasteiger partial charge >= 0.3 is 0 Å². The van der Waals surface area contributed by atoms with Gasteiger partial charge in [-0.25, -0.2) is 0 Å². The van der Waals surface area contributed by atoms with Crippen LogP contribution in [-0.2, 0) is 0 Å². The highest BCUT2D eigenvalue weighted by Crippen LogP contribution is 2.23. The molecule has 2 aliphatic heterocycles. The van der Waals surface area contributed by atoms with Crippen molar-refractivity contribution >= 4 is 17.4 Å². The quantitative estimate of drug-likeness (QED) is 0.915. The lowest BCUT2D eigenvalue weighted by molar-refractivity contribution is 0.200. The van der Waals surface area contributed by atoms with Crippen LogP contribution in [0.1, 0.15) is 5.56 Å². The fourth-order valence-electron chi connectivity index (χ4n) is 3.38. The van der Waals surface area contributed by atoms with Crippen LogP contribution >= 0.6 is 11.8 Å². The number of rotatable bonds is 3. The van der Waals surface area contributed by atoms with Crippen LogP contribution in [0.2, 0.25) is 0 Å². The zero-order chi connectivity index (χ0) is 13.9. The average Bonchev–Trinajstić information content (AvgIpc) is 2.96. The highest BCUT2D eigenvalue weighted by atomic mass is 32.2. The Balaban J connectivity index is 1.59. The molecule has 20 heavy (non-hydrogen) atoms. The van der Waals surface area contributed by atoms with Crippen LogP contribution in [0.4, 0.5) is 5.69 Å². The van der Waals surface area contributed by atoms with E-state index in [0.717, 1.165) is 30.9 Å². The number of piperazine rings is 1. The molecule has 3 rings (SSSR count). The molecule has 1 aromatic carbocycles. The van der Waals surface area contributed by atoms with E-state index in [1.165, 1.54) is 30.9 Å². The molecule has 1 N–H and O–H groups in total. The van der Waals surface area contributed by atoms with Crippen molar-refractivity contribution < 1.29 is 0 Å². The predicted molar refractivity (Wildman–Crippen MR) is 88.9 cm³/mol. The minimum absolute atomic E-state index is 0.727. The Hall–Kier alpha value is -0.710. The fraction of sp³-hybridized carbons (Fsp3) is 0.625. The molecule has 0 amide bonds. The van der Waals surface area contributed by atoms with Gasteiger partial charge in [-0.15, -0.1) is 0 Å². The Labute approximate surface area is 126 Å². The fourth-order valence-corrected chi connectivity index (χ4v) is 4.25. The number of hydrogen-bond acceptors (Lipinski definition) is 4. The molecule has 1 aromatic rings. The molecular formula is C16H25N3S. The largest absolute Gasteiger partial charge is 0.369 e. The molecule has 0 bridgehead atoms. The van der Waals surface area contributed by atoms with Gasteiger partial charge in [0.05, 0.1) is 0 Å². The molecule has 2 unspecified atom stereocenters. The lowest BCUT2D eigenvalue weighted by Crippen LogP contribution is -2.53. The third kappa shape index (κ3) is 2.97. The zero-order valence-corrected chi connectivity index (χ0v) is 13.3. The van der Waals surface area contributed by atoms with E-state index >= 15 is 0 Å². The molecule has 0 radical (unpaired) electrons. The van der Waals surface area contributed by atoms with Crippen LogP contribution in [0.15, 0.2) is 24.3 Å². The molecule has 110 valence electrons. The van der Waals surface area contributed by atoms with Crippen molar-refractivity contribution in [3.8, 4) is 0 Å². The van der Waals surface area contributed by atoms with E-state index in [1.54, 1.807) is 0 Å². The molecule has 2 atom stereocenters. The van der Waals surface area contributed by atoms with Gasteiger partial charge in [0.15, 0.2) is 0 Å². The number of thioether (sulfide) groups is 1. The SMILES string of the molecule is CSC1CNCC1N1CCN(c2cccc(C)c2)CC1. The zero-order valence-electron chi connectivity index (χ0n) is 12.5. The molecule has 3 nitrogen and oxygen atoms in total. The number of nitrogens with zero attached hydrogens (tertiary/aromatic N) is 2. The van der Waals surface area contributed by atoms with Gasteiger partial charge < -0.3 is 10.2 Å². The predicted octanol–water partition coefficient (Wildman–Crippen LogP) is 1.82. The molecule has 2 aliphatic rings. The second kappa shape index (κ2) is 6.37. The Morgan fingerprint density at radius 1 is 1.15 bits per heavy atom. The molecule has 0 spiro atoms. The molecule has 0 aromatic heterocycles. The lowest BCUT2D eigenvalue weighted by atomic mass is 10.1. The molecule has 2 saturated heterocycles. The summed E-state index contributed by atoms with van der Waals surface area (Å²) in [6.45, 7) is 9.20. The maximum absolute atomic E-state index is 3.54. The van der Waals surface area contributed by atoms with E-state index in [4.69, 9.17) is 0 Å². The summed E-state index contributed by atoms with van der Waals surface area (Å²) in [7, 11) is 0. The van der Waals surface area contributed by atoms with Crippen molar-refractivity contribution in [3.63, 3.8) is 0 Å². The van der Waals surface area contributed by atoms with Crippen LogP contribution in [0.25, 0.3) is 0 Å². The molecule has 4 heteroatoms. The Morgan fingerprint density at radius 2 is 1.95 bits per heavy atom. The van der Waals surface area contributed by atoms with Crippen molar-refractivity contribution in [2.75, 3.05) is 50.4 Å². The Kier molecular flexibility index (Phi) is 4.54. The van der Waals surface area contributed by atoms with Crippen LogP contribution in [0, 0.1) is 6.92 Å². The van der Waals surface area contributed by atoms with Crippen LogP contribution in [0.3, 0.4) is 0 Å². The van der Waals surface area contributed by atoms with E-state index in [1.807, 2.05) is 11.8 Å². The monoisotopic (exact) mass is 291 g/mol. The summed E-state index contributed by atoms with van der Waals surface area (Å²) < 4.78 is 0. The van der Waals surface area contributed by atoms with Crippen molar-refractivity contribution in [2.24, 2.45) is 0 Å². The number of benzene rings is 1. The van der Waals surface area contributed by atoms with Gasteiger partial charge in [-0.05, 0) is 30.9 Å². The minimum Gasteiger partial charge on any atom is -0.369 e. The van der Waals surface area contributed by atoms with Gasteiger partial charge in [0, 0.05) is 56.2 Å². The average molecular weight is 291 g/mol. The summed E-state index contributed by atoms with van der Waals surface area (Å²) in [5.41, 5.74) is 2.74. The first-order chi connectivity index (χ1) is 9.78. The third-order valence-corrected chi connectivity index (χ3v) is 5.67. The van der Waals surface area contributed by atoms with Gasteiger partial charge in [0.25, 0.3) is 0 Å². The first-order valence-electron chi connectivity index (χ1n) is 7.57. The second-order valence-corrected chi connectivity index (χ2v) is 6.94. The maximum Gasteiger partial charge on any atom is 0.0369 e. The molecule has 0 saturated carbocycles. The van der Waals surface area contributed by atoms with E-state index in [0.29, 0.717) is 0 Å². The van der Waals surface area contributed by atoms with Gasteiger partial charge in [0.1, 0.15) is 0 Å².